The van der Waals surface area contributed by atoms with E-state index in [2.05, 4.69) is 35.6 Å². The van der Waals surface area contributed by atoms with Crippen molar-refractivity contribution in [2.45, 2.75) is 37.6 Å². The first-order valence-electron chi connectivity index (χ1n) is 6.23. The lowest BCUT2D eigenvalue weighted by Crippen LogP contribution is -2.29. The summed E-state index contributed by atoms with van der Waals surface area (Å²) < 4.78 is 0. The third kappa shape index (κ3) is 1.69. The summed E-state index contributed by atoms with van der Waals surface area (Å²) in [6.45, 7) is 1.19. The first kappa shape index (κ1) is 9.41. The van der Waals surface area contributed by atoms with Crippen molar-refractivity contribution < 1.29 is 0 Å². The molecule has 15 heavy (non-hydrogen) atoms. The van der Waals surface area contributed by atoms with Crippen molar-refractivity contribution in [2.75, 3.05) is 6.54 Å². The molecule has 0 aromatic heterocycles. The zero-order chi connectivity index (χ0) is 10.1. The van der Waals surface area contributed by atoms with Gasteiger partial charge in [0, 0.05) is 18.5 Å². The van der Waals surface area contributed by atoms with Gasteiger partial charge < -0.3 is 5.32 Å². The lowest BCUT2D eigenvalue weighted by atomic mass is 9.77. The first-order chi connectivity index (χ1) is 7.45. The van der Waals surface area contributed by atoms with Gasteiger partial charge in [0.2, 0.25) is 0 Å². The van der Waals surface area contributed by atoms with Crippen molar-refractivity contribution >= 4 is 0 Å². The molecule has 1 aliphatic heterocycles. The highest BCUT2D eigenvalue weighted by atomic mass is 15.0. The molecule has 1 saturated carbocycles. The molecule has 1 aromatic carbocycles. The number of nitrogens with one attached hydrogen (secondary N) is 1. The molecule has 1 heteroatoms. The van der Waals surface area contributed by atoms with E-state index in [1.165, 1.54) is 32.2 Å². The van der Waals surface area contributed by atoms with Gasteiger partial charge in [0.25, 0.3) is 0 Å². The van der Waals surface area contributed by atoms with Crippen LogP contribution in [0.15, 0.2) is 30.3 Å². The Kier molecular flexibility index (Phi) is 2.49. The standard InChI is InChI=1S/C14H19N/c1-2-6-11(7-3-1)13-10-15-14-9-5-4-8-12(13)14/h1-3,6-7,12-15H,4-5,8-10H2/t12-,13+,14-/m1/s1. The molecule has 0 amide bonds. The molecule has 0 radical (unpaired) electrons. The second kappa shape index (κ2) is 3.97. The average Bonchev–Trinajstić information content (AvgIpc) is 2.74. The number of hydrogen-bond donors (Lipinski definition) is 1. The van der Waals surface area contributed by atoms with Crippen molar-refractivity contribution in [2.24, 2.45) is 5.92 Å². The summed E-state index contributed by atoms with van der Waals surface area (Å²) in [6.07, 6.45) is 5.69. The summed E-state index contributed by atoms with van der Waals surface area (Å²) >= 11 is 0. The maximum absolute atomic E-state index is 3.71. The van der Waals surface area contributed by atoms with E-state index < -0.39 is 0 Å². The van der Waals surface area contributed by atoms with E-state index in [1.54, 1.807) is 5.56 Å². The molecule has 1 aromatic rings. The van der Waals surface area contributed by atoms with Gasteiger partial charge in [0.05, 0.1) is 0 Å². The first-order valence-corrected chi connectivity index (χ1v) is 6.23. The number of rotatable bonds is 1. The highest BCUT2D eigenvalue weighted by Gasteiger charge is 2.37. The molecule has 80 valence electrons. The summed E-state index contributed by atoms with van der Waals surface area (Å²) in [5, 5.41) is 3.71. The van der Waals surface area contributed by atoms with E-state index in [1.807, 2.05) is 0 Å². The highest BCUT2D eigenvalue weighted by molar-refractivity contribution is 5.23. The minimum atomic E-state index is 0.775. The third-order valence-corrected chi connectivity index (χ3v) is 4.16. The molecule has 3 atom stereocenters. The van der Waals surface area contributed by atoms with Gasteiger partial charge >= 0.3 is 0 Å². The van der Waals surface area contributed by atoms with Crippen LogP contribution in [0.25, 0.3) is 0 Å². The normalized spacial score (nSPS) is 35.1. The van der Waals surface area contributed by atoms with Crippen LogP contribution >= 0.6 is 0 Å². The maximum atomic E-state index is 3.71. The fraction of sp³-hybridized carbons (Fsp3) is 0.571. The van der Waals surface area contributed by atoms with Gasteiger partial charge in [-0.3, -0.25) is 0 Å². The van der Waals surface area contributed by atoms with E-state index in [9.17, 15) is 0 Å². The van der Waals surface area contributed by atoms with E-state index in [-0.39, 0.29) is 0 Å². The van der Waals surface area contributed by atoms with Gasteiger partial charge in [-0.2, -0.15) is 0 Å². The summed E-state index contributed by atoms with van der Waals surface area (Å²) in [5.74, 6) is 1.68. The molecule has 1 nitrogen and oxygen atoms in total. The summed E-state index contributed by atoms with van der Waals surface area (Å²) in [5.41, 5.74) is 1.54. The maximum Gasteiger partial charge on any atom is 0.0102 e. The molecular formula is C14H19N. The summed E-state index contributed by atoms with van der Waals surface area (Å²) in [6, 6.07) is 11.9. The molecule has 1 saturated heterocycles. The molecule has 3 rings (SSSR count). The Morgan fingerprint density at radius 2 is 1.80 bits per heavy atom. The largest absolute Gasteiger partial charge is 0.313 e. The average molecular weight is 201 g/mol. The zero-order valence-electron chi connectivity index (χ0n) is 9.15. The predicted molar refractivity (Wildman–Crippen MR) is 62.9 cm³/mol. The Bertz CT molecular complexity index is 319. The van der Waals surface area contributed by atoms with Crippen LogP contribution in [0.5, 0.6) is 0 Å². The third-order valence-electron chi connectivity index (χ3n) is 4.16. The quantitative estimate of drug-likeness (QED) is 0.736. The van der Waals surface area contributed by atoms with Gasteiger partial charge in [-0.1, -0.05) is 43.2 Å². The Labute approximate surface area is 91.9 Å². The number of hydrogen-bond acceptors (Lipinski definition) is 1. The lowest BCUT2D eigenvalue weighted by Gasteiger charge is -2.28. The Morgan fingerprint density at radius 1 is 1.00 bits per heavy atom. The summed E-state index contributed by atoms with van der Waals surface area (Å²) in [4.78, 5) is 0. The molecular weight excluding hydrogens is 182 g/mol. The monoisotopic (exact) mass is 201 g/mol. The number of benzene rings is 1. The van der Waals surface area contributed by atoms with Crippen molar-refractivity contribution in [3.05, 3.63) is 35.9 Å². The van der Waals surface area contributed by atoms with Crippen molar-refractivity contribution in [1.29, 1.82) is 0 Å². The Hall–Kier alpha value is -0.820. The SMILES string of the molecule is c1ccc([C@@H]2CN[C@@H]3CCCC[C@@H]32)cc1. The van der Waals surface area contributed by atoms with Crippen molar-refractivity contribution in [3.63, 3.8) is 0 Å². The fourth-order valence-electron chi connectivity index (χ4n) is 3.39. The molecule has 0 unspecified atom stereocenters. The van der Waals surface area contributed by atoms with Gasteiger partial charge in [-0.15, -0.1) is 0 Å². The predicted octanol–water partition coefficient (Wildman–Crippen LogP) is 2.93. The molecule has 0 bridgehead atoms. The highest BCUT2D eigenvalue weighted by Crippen LogP contribution is 2.39. The van der Waals surface area contributed by atoms with Gasteiger partial charge in [0.1, 0.15) is 0 Å². The van der Waals surface area contributed by atoms with Crippen LogP contribution in [-0.4, -0.2) is 12.6 Å². The fourth-order valence-corrected chi connectivity index (χ4v) is 3.39. The molecule has 0 spiro atoms. The van der Waals surface area contributed by atoms with Crippen LogP contribution in [0.1, 0.15) is 37.2 Å². The Morgan fingerprint density at radius 3 is 2.67 bits per heavy atom. The van der Waals surface area contributed by atoms with Crippen molar-refractivity contribution in [3.8, 4) is 0 Å². The van der Waals surface area contributed by atoms with Crippen LogP contribution in [0.4, 0.5) is 0 Å². The van der Waals surface area contributed by atoms with Gasteiger partial charge in [-0.05, 0) is 24.3 Å². The van der Waals surface area contributed by atoms with Crippen LogP contribution in [0.2, 0.25) is 0 Å². The van der Waals surface area contributed by atoms with Crippen molar-refractivity contribution in [1.82, 2.24) is 5.32 Å². The van der Waals surface area contributed by atoms with Crippen LogP contribution < -0.4 is 5.32 Å². The van der Waals surface area contributed by atoms with E-state index >= 15 is 0 Å². The molecule has 1 heterocycles. The smallest absolute Gasteiger partial charge is 0.0102 e. The molecule has 1 N–H and O–H groups in total. The minimum Gasteiger partial charge on any atom is -0.313 e. The van der Waals surface area contributed by atoms with Crippen LogP contribution in [0.3, 0.4) is 0 Å². The van der Waals surface area contributed by atoms with Gasteiger partial charge in [-0.25, -0.2) is 0 Å². The number of fused-ring (bicyclic) bond motifs is 1. The van der Waals surface area contributed by atoms with Gasteiger partial charge in [0.15, 0.2) is 0 Å². The Balaban J connectivity index is 1.82. The van der Waals surface area contributed by atoms with Crippen LogP contribution in [-0.2, 0) is 0 Å². The van der Waals surface area contributed by atoms with Crippen LogP contribution in [0, 0.1) is 5.92 Å². The molecule has 1 aliphatic carbocycles. The summed E-state index contributed by atoms with van der Waals surface area (Å²) in [7, 11) is 0. The zero-order valence-corrected chi connectivity index (χ0v) is 9.15. The lowest BCUT2D eigenvalue weighted by molar-refractivity contribution is 0.308. The van der Waals surface area contributed by atoms with E-state index in [4.69, 9.17) is 0 Å². The van der Waals surface area contributed by atoms with E-state index in [0.29, 0.717) is 0 Å². The molecule has 2 fully saturated rings. The topological polar surface area (TPSA) is 12.0 Å². The second-order valence-electron chi connectivity index (χ2n) is 4.98. The minimum absolute atomic E-state index is 0.775. The second-order valence-corrected chi connectivity index (χ2v) is 4.98. The van der Waals surface area contributed by atoms with E-state index in [0.717, 1.165) is 17.9 Å². The molecule has 2 aliphatic rings.